The molecule has 0 fully saturated rings. The lowest BCUT2D eigenvalue weighted by Crippen LogP contribution is -2.02. The Kier molecular flexibility index (Phi) is 17.7. The van der Waals surface area contributed by atoms with Crippen LogP contribution in [0.15, 0.2) is 36.5 Å². The molecule has 132 valence electrons. The highest BCUT2D eigenvalue weighted by Crippen LogP contribution is 2.05. The van der Waals surface area contributed by atoms with Gasteiger partial charge in [-0.05, 0) is 45.4 Å². The van der Waals surface area contributed by atoms with Crippen LogP contribution in [0.5, 0.6) is 0 Å². The second kappa shape index (κ2) is 18.7. The SMILES string of the molecule is CCCCCCC/C=C/C=C/CC/C=C\CCCC(=O)OCC. The molecule has 0 aromatic heterocycles. The lowest BCUT2D eigenvalue weighted by Gasteiger charge is -1.98. The van der Waals surface area contributed by atoms with Gasteiger partial charge < -0.3 is 4.74 Å². The molecule has 0 aliphatic heterocycles. The quantitative estimate of drug-likeness (QED) is 0.148. The molecule has 0 spiro atoms. The average molecular weight is 321 g/mol. The van der Waals surface area contributed by atoms with Gasteiger partial charge in [-0.15, -0.1) is 0 Å². The molecule has 0 amide bonds. The lowest BCUT2D eigenvalue weighted by atomic mass is 10.1. The predicted molar refractivity (Wildman–Crippen MR) is 101 cm³/mol. The molecule has 0 aliphatic carbocycles. The maximum atomic E-state index is 11.1. The highest BCUT2D eigenvalue weighted by Gasteiger charge is 1.98. The van der Waals surface area contributed by atoms with Gasteiger partial charge in [-0.3, -0.25) is 4.79 Å². The van der Waals surface area contributed by atoms with Crippen molar-refractivity contribution in [3.8, 4) is 0 Å². The number of carbonyl (C=O) groups is 1. The molecular formula is C21H36O2. The minimum atomic E-state index is -0.0824. The molecule has 0 saturated carbocycles. The van der Waals surface area contributed by atoms with Gasteiger partial charge in [0.2, 0.25) is 0 Å². The summed E-state index contributed by atoms with van der Waals surface area (Å²) in [7, 11) is 0. The standard InChI is InChI=1S/C21H36O2/c1-3-5-6-7-8-9-10-11-12-13-14-15-16-17-18-19-20-21(22)23-4-2/h10-13,16-17H,3-9,14-15,18-20H2,1-2H3/b11-10+,13-12+,17-16-. The van der Waals surface area contributed by atoms with Gasteiger partial charge in [-0.1, -0.05) is 69.1 Å². The third-order valence-corrected chi connectivity index (χ3v) is 3.58. The zero-order valence-corrected chi connectivity index (χ0v) is 15.3. The topological polar surface area (TPSA) is 26.3 Å². The summed E-state index contributed by atoms with van der Waals surface area (Å²) in [6.07, 6.45) is 25.7. The Morgan fingerprint density at radius 1 is 0.739 bits per heavy atom. The largest absolute Gasteiger partial charge is 0.466 e. The number of carbonyl (C=O) groups excluding carboxylic acids is 1. The Morgan fingerprint density at radius 2 is 1.35 bits per heavy atom. The smallest absolute Gasteiger partial charge is 0.305 e. The first-order chi connectivity index (χ1) is 11.3. The van der Waals surface area contributed by atoms with Crippen molar-refractivity contribution >= 4 is 5.97 Å². The summed E-state index contributed by atoms with van der Waals surface area (Å²) in [6.45, 7) is 4.58. The van der Waals surface area contributed by atoms with E-state index in [4.69, 9.17) is 4.74 Å². The zero-order chi connectivity index (χ0) is 17.0. The van der Waals surface area contributed by atoms with Crippen molar-refractivity contribution in [1.82, 2.24) is 0 Å². The molecule has 0 atom stereocenters. The van der Waals surface area contributed by atoms with Crippen LogP contribution in [0.2, 0.25) is 0 Å². The third-order valence-electron chi connectivity index (χ3n) is 3.58. The summed E-state index contributed by atoms with van der Waals surface area (Å²) in [5, 5.41) is 0. The van der Waals surface area contributed by atoms with E-state index < -0.39 is 0 Å². The third kappa shape index (κ3) is 18.6. The van der Waals surface area contributed by atoms with Gasteiger partial charge in [0.15, 0.2) is 0 Å². The summed E-state index contributed by atoms with van der Waals surface area (Å²) in [4.78, 5) is 11.1. The number of esters is 1. The molecule has 0 N–H and O–H groups in total. The fraction of sp³-hybridized carbons (Fsp3) is 0.667. The average Bonchev–Trinajstić information content (AvgIpc) is 2.54. The van der Waals surface area contributed by atoms with Crippen LogP contribution in [0.3, 0.4) is 0 Å². The van der Waals surface area contributed by atoms with E-state index in [0.717, 1.165) is 25.7 Å². The van der Waals surface area contributed by atoms with Gasteiger partial charge in [0, 0.05) is 6.42 Å². The number of hydrogen-bond acceptors (Lipinski definition) is 2. The Balaban J connectivity index is 3.35. The van der Waals surface area contributed by atoms with Crippen molar-refractivity contribution in [1.29, 1.82) is 0 Å². The molecule has 0 rings (SSSR count). The Hall–Kier alpha value is -1.31. The summed E-state index contributed by atoms with van der Waals surface area (Å²) in [6, 6.07) is 0. The van der Waals surface area contributed by atoms with E-state index in [-0.39, 0.29) is 5.97 Å². The van der Waals surface area contributed by atoms with Crippen molar-refractivity contribution in [2.24, 2.45) is 0 Å². The Labute approximate surface area is 143 Å². The van der Waals surface area contributed by atoms with Crippen LogP contribution in [-0.4, -0.2) is 12.6 Å². The van der Waals surface area contributed by atoms with Gasteiger partial charge in [-0.2, -0.15) is 0 Å². The van der Waals surface area contributed by atoms with Gasteiger partial charge in [0.25, 0.3) is 0 Å². The molecule has 0 aromatic rings. The van der Waals surface area contributed by atoms with Crippen LogP contribution in [0, 0.1) is 0 Å². The molecule has 0 radical (unpaired) electrons. The highest BCUT2D eigenvalue weighted by molar-refractivity contribution is 5.69. The maximum absolute atomic E-state index is 11.1. The van der Waals surface area contributed by atoms with Crippen LogP contribution in [0.25, 0.3) is 0 Å². The summed E-state index contributed by atoms with van der Waals surface area (Å²) < 4.78 is 4.89. The zero-order valence-electron chi connectivity index (χ0n) is 15.3. The first-order valence-electron chi connectivity index (χ1n) is 9.43. The van der Waals surface area contributed by atoms with Crippen molar-refractivity contribution in [3.05, 3.63) is 36.5 Å². The van der Waals surface area contributed by atoms with Crippen LogP contribution < -0.4 is 0 Å². The molecule has 0 unspecified atom stereocenters. The maximum Gasteiger partial charge on any atom is 0.305 e. The van der Waals surface area contributed by atoms with E-state index in [2.05, 4.69) is 43.4 Å². The monoisotopic (exact) mass is 320 g/mol. The lowest BCUT2D eigenvalue weighted by molar-refractivity contribution is -0.143. The summed E-state index contributed by atoms with van der Waals surface area (Å²) in [5.41, 5.74) is 0. The van der Waals surface area contributed by atoms with E-state index in [1.54, 1.807) is 0 Å². The van der Waals surface area contributed by atoms with Gasteiger partial charge in [-0.25, -0.2) is 0 Å². The minimum absolute atomic E-state index is 0.0824. The molecule has 0 aromatic carbocycles. The second-order valence-electron chi connectivity index (χ2n) is 5.81. The number of hydrogen-bond donors (Lipinski definition) is 0. The molecule has 0 saturated heterocycles. The number of allylic oxidation sites excluding steroid dienone is 6. The van der Waals surface area contributed by atoms with Crippen molar-refractivity contribution in [2.45, 2.75) is 84.5 Å². The number of unbranched alkanes of at least 4 members (excludes halogenated alkanes) is 7. The fourth-order valence-corrected chi connectivity index (χ4v) is 2.24. The van der Waals surface area contributed by atoms with Gasteiger partial charge in [0.1, 0.15) is 0 Å². The molecule has 2 nitrogen and oxygen atoms in total. The van der Waals surface area contributed by atoms with Crippen LogP contribution in [0.1, 0.15) is 84.5 Å². The molecule has 23 heavy (non-hydrogen) atoms. The van der Waals surface area contributed by atoms with Gasteiger partial charge in [0.05, 0.1) is 6.61 Å². The predicted octanol–water partition coefficient (Wildman–Crippen LogP) is 6.53. The van der Waals surface area contributed by atoms with Crippen molar-refractivity contribution in [2.75, 3.05) is 6.61 Å². The van der Waals surface area contributed by atoms with Crippen molar-refractivity contribution < 1.29 is 9.53 Å². The Bertz CT molecular complexity index is 340. The molecule has 0 heterocycles. The van der Waals surface area contributed by atoms with Crippen molar-refractivity contribution in [3.63, 3.8) is 0 Å². The first-order valence-corrected chi connectivity index (χ1v) is 9.43. The molecule has 2 heteroatoms. The minimum Gasteiger partial charge on any atom is -0.466 e. The number of ether oxygens (including phenoxy) is 1. The number of rotatable bonds is 15. The molecule has 0 bridgehead atoms. The second-order valence-corrected chi connectivity index (χ2v) is 5.81. The normalized spacial score (nSPS) is 11.9. The van der Waals surface area contributed by atoms with E-state index in [9.17, 15) is 4.79 Å². The highest BCUT2D eigenvalue weighted by atomic mass is 16.5. The van der Waals surface area contributed by atoms with E-state index in [0.29, 0.717) is 13.0 Å². The molecular weight excluding hydrogens is 284 g/mol. The van der Waals surface area contributed by atoms with E-state index in [1.165, 1.54) is 38.5 Å². The van der Waals surface area contributed by atoms with Gasteiger partial charge >= 0.3 is 5.97 Å². The van der Waals surface area contributed by atoms with E-state index in [1.807, 2.05) is 6.92 Å². The molecule has 0 aliphatic rings. The fourth-order valence-electron chi connectivity index (χ4n) is 2.24. The van der Waals surface area contributed by atoms with Crippen LogP contribution in [0.4, 0.5) is 0 Å². The first kappa shape index (κ1) is 21.7. The Morgan fingerprint density at radius 3 is 2.09 bits per heavy atom. The van der Waals surface area contributed by atoms with Crippen LogP contribution in [-0.2, 0) is 9.53 Å². The van der Waals surface area contributed by atoms with Crippen LogP contribution >= 0.6 is 0 Å². The van der Waals surface area contributed by atoms with E-state index >= 15 is 0 Å². The summed E-state index contributed by atoms with van der Waals surface area (Å²) >= 11 is 0. The summed E-state index contributed by atoms with van der Waals surface area (Å²) in [5.74, 6) is -0.0824.